The number of benzene rings is 3. The van der Waals surface area contributed by atoms with Gasteiger partial charge in [-0.25, -0.2) is 0 Å². The predicted molar refractivity (Wildman–Crippen MR) is 126 cm³/mol. The first-order valence-corrected chi connectivity index (χ1v) is 10.7. The average molecular weight is 438 g/mol. The van der Waals surface area contributed by atoms with Crippen LogP contribution in [0.5, 0.6) is 17.2 Å². The maximum atomic E-state index is 13.0. The number of anilines is 1. The van der Waals surface area contributed by atoms with Crippen LogP contribution in [0, 0.1) is 0 Å². The number of para-hydroxylation sites is 1. The van der Waals surface area contributed by atoms with E-state index in [2.05, 4.69) is 26.1 Å². The van der Waals surface area contributed by atoms with Crippen LogP contribution < -0.4 is 14.8 Å². The first kappa shape index (κ1) is 22.7. The highest BCUT2D eigenvalue weighted by molar-refractivity contribution is 6.31. The molecule has 0 saturated carbocycles. The smallest absolute Gasteiger partial charge is 0.265 e. The van der Waals surface area contributed by atoms with Crippen LogP contribution in [-0.2, 0) is 10.2 Å². The van der Waals surface area contributed by atoms with Crippen LogP contribution in [-0.4, -0.2) is 12.0 Å². The van der Waals surface area contributed by atoms with Crippen molar-refractivity contribution < 1.29 is 14.3 Å². The molecule has 0 aromatic heterocycles. The number of ether oxygens (including phenoxy) is 2. The Labute approximate surface area is 189 Å². The van der Waals surface area contributed by atoms with Gasteiger partial charge in [0, 0.05) is 5.02 Å². The molecule has 0 heterocycles. The lowest BCUT2D eigenvalue weighted by molar-refractivity contribution is -0.122. The van der Waals surface area contributed by atoms with Gasteiger partial charge in [-0.05, 0) is 59.9 Å². The highest BCUT2D eigenvalue weighted by atomic mass is 35.5. The van der Waals surface area contributed by atoms with E-state index in [0.29, 0.717) is 34.4 Å². The molecule has 1 amide bonds. The Morgan fingerprint density at radius 3 is 2.26 bits per heavy atom. The summed E-state index contributed by atoms with van der Waals surface area (Å²) in [4.78, 5) is 13.0. The van der Waals surface area contributed by atoms with E-state index in [-0.39, 0.29) is 11.3 Å². The van der Waals surface area contributed by atoms with Gasteiger partial charge < -0.3 is 14.8 Å². The molecule has 0 radical (unpaired) electrons. The van der Waals surface area contributed by atoms with Crippen LogP contribution in [0.15, 0.2) is 72.8 Å². The maximum Gasteiger partial charge on any atom is 0.265 e. The third-order valence-corrected chi connectivity index (χ3v) is 5.07. The lowest BCUT2D eigenvalue weighted by Gasteiger charge is -2.21. The molecule has 5 heteroatoms. The third kappa shape index (κ3) is 6.25. The summed E-state index contributed by atoms with van der Waals surface area (Å²) in [6, 6.07) is 22.4. The van der Waals surface area contributed by atoms with Crippen LogP contribution in [0.3, 0.4) is 0 Å². The van der Waals surface area contributed by atoms with Crippen molar-refractivity contribution in [2.45, 2.75) is 45.6 Å². The fourth-order valence-electron chi connectivity index (χ4n) is 3.04. The van der Waals surface area contributed by atoms with E-state index in [0.717, 1.165) is 0 Å². The van der Waals surface area contributed by atoms with E-state index >= 15 is 0 Å². The van der Waals surface area contributed by atoms with Gasteiger partial charge >= 0.3 is 0 Å². The number of amides is 1. The Bertz CT molecular complexity index is 1010. The lowest BCUT2D eigenvalue weighted by atomic mass is 9.87. The summed E-state index contributed by atoms with van der Waals surface area (Å²) in [6.07, 6.45) is -0.133. The van der Waals surface area contributed by atoms with E-state index in [1.807, 2.05) is 61.5 Å². The summed E-state index contributed by atoms with van der Waals surface area (Å²) < 4.78 is 11.9. The number of rotatable bonds is 7. The van der Waals surface area contributed by atoms with Crippen LogP contribution in [0.2, 0.25) is 5.02 Å². The maximum absolute atomic E-state index is 13.0. The third-order valence-electron chi connectivity index (χ3n) is 4.83. The van der Waals surface area contributed by atoms with Gasteiger partial charge in [0.1, 0.15) is 11.5 Å². The number of hydrogen-bond donors (Lipinski definition) is 1. The lowest BCUT2D eigenvalue weighted by Crippen LogP contribution is -2.32. The minimum Gasteiger partial charge on any atom is -0.481 e. The van der Waals surface area contributed by atoms with Crippen LogP contribution >= 0.6 is 11.6 Å². The second kappa shape index (κ2) is 9.88. The summed E-state index contributed by atoms with van der Waals surface area (Å²) in [5.41, 5.74) is 1.76. The zero-order valence-corrected chi connectivity index (χ0v) is 19.1. The van der Waals surface area contributed by atoms with Gasteiger partial charge in [0.05, 0.1) is 5.69 Å². The second-order valence-corrected chi connectivity index (χ2v) is 8.77. The molecule has 3 aromatic rings. The number of hydrogen-bond acceptors (Lipinski definition) is 3. The molecule has 0 aliphatic rings. The monoisotopic (exact) mass is 437 g/mol. The number of halogens is 1. The minimum atomic E-state index is -0.649. The van der Waals surface area contributed by atoms with E-state index in [1.54, 1.807) is 18.2 Å². The summed E-state index contributed by atoms with van der Waals surface area (Å²) in [6.45, 7) is 8.38. The molecule has 1 unspecified atom stereocenters. The molecular weight excluding hydrogens is 410 g/mol. The van der Waals surface area contributed by atoms with Crippen LogP contribution in [0.1, 0.15) is 39.7 Å². The molecule has 3 rings (SSSR count). The molecule has 0 aliphatic carbocycles. The van der Waals surface area contributed by atoms with Gasteiger partial charge in [0.15, 0.2) is 11.9 Å². The molecule has 4 nitrogen and oxygen atoms in total. The molecule has 0 fully saturated rings. The molecule has 0 saturated heterocycles. The highest BCUT2D eigenvalue weighted by Gasteiger charge is 2.21. The molecule has 31 heavy (non-hydrogen) atoms. The van der Waals surface area contributed by atoms with Crippen LogP contribution in [0.4, 0.5) is 5.69 Å². The molecule has 0 spiro atoms. The largest absolute Gasteiger partial charge is 0.481 e. The SMILES string of the molecule is CCC(Oc1ccc(C(C)(C)C)cc1)C(=O)Nc1cc(Cl)ccc1Oc1ccccc1. The fraction of sp³-hybridized carbons (Fsp3) is 0.269. The van der Waals surface area contributed by atoms with Crippen molar-refractivity contribution >= 4 is 23.2 Å². The van der Waals surface area contributed by atoms with E-state index in [9.17, 15) is 4.79 Å². The fourth-order valence-corrected chi connectivity index (χ4v) is 3.21. The normalized spacial score (nSPS) is 12.2. The molecule has 0 aliphatic heterocycles. The molecule has 162 valence electrons. The molecule has 0 bridgehead atoms. The molecule has 1 N–H and O–H groups in total. The van der Waals surface area contributed by atoms with Gasteiger partial charge in [-0.1, -0.05) is 69.6 Å². The average Bonchev–Trinajstić information content (AvgIpc) is 2.74. The van der Waals surface area contributed by atoms with Crippen molar-refractivity contribution in [1.29, 1.82) is 0 Å². The van der Waals surface area contributed by atoms with Crippen molar-refractivity contribution in [2.75, 3.05) is 5.32 Å². The number of carbonyl (C=O) groups excluding carboxylic acids is 1. The second-order valence-electron chi connectivity index (χ2n) is 8.33. The van der Waals surface area contributed by atoms with Crippen molar-refractivity contribution in [1.82, 2.24) is 0 Å². The van der Waals surface area contributed by atoms with Crippen molar-refractivity contribution in [3.8, 4) is 17.2 Å². The van der Waals surface area contributed by atoms with E-state index in [1.165, 1.54) is 5.56 Å². The van der Waals surface area contributed by atoms with Gasteiger partial charge in [-0.2, -0.15) is 0 Å². The van der Waals surface area contributed by atoms with Crippen molar-refractivity contribution in [3.05, 3.63) is 83.4 Å². The van der Waals surface area contributed by atoms with Crippen molar-refractivity contribution in [2.24, 2.45) is 0 Å². The Kier molecular flexibility index (Phi) is 7.24. The van der Waals surface area contributed by atoms with Crippen molar-refractivity contribution in [3.63, 3.8) is 0 Å². The number of carbonyl (C=O) groups is 1. The molecular formula is C26H28ClNO3. The quantitative estimate of drug-likeness (QED) is 0.424. The van der Waals surface area contributed by atoms with Gasteiger partial charge in [-0.15, -0.1) is 0 Å². The predicted octanol–water partition coefficient (Wildman–Crippen LogP) is 7.23. The summed E-state index contributed by atoms with van der Waals surface area (Å²) in [7, 11) is 0. The summed E-state index contributed by atoms with van der Waals surface area (Å²) in [5, 5.41) is 3.41. The molecule has 1 atom stereocenters. The first-order valence-electron chi connectivity index (χ1n) is 10.4. The standard InChI is InChI=1S/C26H28ClNO3/c1-5-23(30-21-14-11-18(12-15-21)26(2,3)4)25(29)28-22-17-19(27)13-16-24(22)31-20-9-7-6-8-10-20/h6-17,23H,5H2,1-4H3,(H,28,29). The number of nitrogens with one attached hydrogen (secondary N) is 1. The van der Waals surface area contributed by atoms with Crippen LogP contribution in [0.25, 0.3) is 0 Å². The Morgan fingerprint density at radius 1 is 0.968 bits per heavy atom. The Balaban J connectivity index is 1.74. The zero-order valence-electron chi connectivity index (χ0n) is 18.3. The van der Waals surface area contributed by atoms with Gasteiger partial charge in [0.25, 0.3) is 5.91 Å². The first-order chi connectivity index (χ1) is 14.8. The minimum absolute atomic E-state index is 0.0573. The Morgan fingerprint density at radius 2 is 1.65 bits per heavy atom. The van der Waals surface area contributed by atoms with Gasteiger partial charge in [-0.3, -0.25) is 4.79 Å². The molecule has 3 aromatic carbocycles. The summed E-state index contributed by atoms with van der Waals surface area (Å²) in [5.74, 6) is 1.57. The Hall–Kier alpha value is -2.98. The topological polar surface area (TPSA) is 47.6 Å². The highest BCUT2D eigenvalue weighted by Crippen LogP contribution is 2.32. The van der Waals surface area contributed by atoms with E-state index < -0.39 is 6.10 Å². The van der Waals surface area contributed by atoms with E-state index in [4.69, 9.17) is 21.1 Å². The summed E-state index contributed by atoms with van der Waals surface area (Å²) >= 11 is 6.16. The zero-order chi connectivity index (χ0) is 22.4. The van der Waals surface area contributed by atoms with Gasteiger partial charge in [0.2, 0.25) is 0 Å².